The van der Waals surface area contributed by atoms with Gasteiger partial charge in [0.15, 0.2) is 0 Å². The molecule has 5 heavy (non-hydrogen) atoms. The molecular weight excluding hydrogens is 104 g/mol. The largest absolute Gasteiger partial charge is 0.521 e. The van der Waals surface area contributed by atoms with E-state index < -0.39 is 5.30 Å². The molecular formula is CH4O2SSi. The monoisotopic (exact) mass is 108 g/mol. The molecule has 0 heterocycles. The fourth-order valence-electron chi connectivity index (χ4n) is 0. The summed E-state index contributed by atoms with van der Waals surface area (Å²) in [4.78, 5) is 9.49. The predicted molar refractivity (Wildman–Crippen MR) is 25.4 cm³/mol. The van der Waals surface area contributed by atoms with Crippen molar-refractivity contribution in [1.29, 1.82) is 0 Å². The summed E-state index contributed by atoms with van der Waals surface area (Å²) < 4.78 is 4.11. The van der Waals surface area contributed by atoms with Crippen molar-refractivity contribution in [1.82, 2.24) is 0 Å². The fraction of sp³-hybridized carbons (Fsp3) is 0. The van der Waals surface area contributed by atoms with Crippen LogP contribution in [0.25, 0.3) is 0 Å². The molecule has 0 aromatic rings. The molecule has 2 nitrogen and oxygen atoms in total. The molecule has 0 aliphatic heterocycles. The van der Waals surface area contributed by atoms with Crippen LogP contribution >= 0.6 is 12.6 Å². The number of thiol groups is 1. The van der Waals surface area contributed by atoms with E-state index in [2.05, 4.69) is 17.1 Å². The Morgan fingerprint density at radius 1 is 2.00 bits per heavy atom. The molecule has 0 N–H and O–H groups in total. The fourth-order valence-corrected chi connectivity index (χ4v) is 0. The Morgan fingerprint density at radius 3 is 2.20 bits per heavy atom. The Balaban J connectivity index is 2.85. The summed E-state index contributed by atoms with van der Waals surface area (Å²) in [5.41, 5.74) is 0. The van der Waals surface area contributed by atoms with Gasteiger partial charge in [0.1, 0.15) is 0 Å². The molecule has 0 saturated heterocycles. The van der Waals surface area contributed by atoms with Gasteiger partial charge in [-0.15, -0.1) is 0 Å². The summed E-state index contributed by atoms with van der Waals surface area (Å²) in [7, 11) is 0.448. The highest BCUT2D eigenvalue weighted by atomic mass is 32.1. The zero-order chi connectivity index (χ0) is 4.28. The van der Waals surface area contributed by atoms with Gasteiger partial charge in [-0.2, -0.15) is 0 Å². The minimum Gasteiger partial charge on any atom is -0.521 e. The van der Waals surface area contributed by atoms with Crippen LogP contribution in [0.4, 0.5) is 4.79 Å². The quantitative estimate of drug-likeness (QED) is 0.329. The highest BCUT2D eigenvalue weighted by Crippen LogP contribution is 1.76. The lowest BCUT2D eigenvalue weighted by atomic mass is 11.6. The van der Waals surface area contributed by atoms with E-state index in [-0.39, 0.29) is 0 Å². The molecule has 0 aliphatic rings. The highest BCUT2D eigenvalue weighted by Gasteiger charge is 1.76. The van der Waals surface area contributed by atoms with Crippen LogP contribution in [-0.4, -0.2) is 15.8 Å². The summed E-state index contributed by atoms with van der Waals surface area (Å²) >= 11 is 3.27. The predicted octanol–water partition coefficient (Wildman–Crippen LogP) is -0.667. The molecule has 0 fully saturated rings. The van der Waals surface area contributed by atoms with Gasteiger partial charge in [-0.25, -0.2) is 4.79 Å². The van der Waals surface area contributed by atoms with Crippen molar-refractivity contribution in [2.75, 3.05) is 0 Å². The van der Waals surface area contributed by atoms with E-state index in [1.807, 2.05) is 0 Å². The van der Waals surface area contributed by atoms with Crippen LogP contribution in [0.5, 0.6) is 0 Å². The zero-order valence-electron chi connectivity index (χ0n) is 2.76. The van der Waals surface area contributed by atoms with Gasteiger partial charge in [-0.1, -0.05) is 12.6 Å². The minimum absolute atomic E-state index is 0.448. The maximum absolute atomic E-state index is 9.49. The van der Waals surface area contributed by atoms with E-state index in [0.29, 0.717) is 10.5 Å². The molecule has 4 heteroatoms. The first-order valence-corrected chi connectivity index (χ1v) is 2.30. The Labute approximate surface area is 38.5 Å². The first kappa shape index (κ1) is 5.04. The highest BCUT2D eigenvalue weighted by molar-refractivity contribution is 7.96. The molecule has 0 saturated carbocycles. The van der Waals surface area contributed by atoms with Crippen LogP contribution in [0.15, 0.2) is 0 Å². The van der Waals surface area contributed by atoms with Gasteiger partial charge < -0.3 is 4.43 Å². The van der Waals surface area contributed by atoms with Crippen molar-refractivity contribution in [3.63, 3.8) is 0 Å². The van der Waals surface area contributed by atoms with Crippen LogP contribution in [0.3, 0.4) is 0 Å². The molecule has 0 aliphatic carbocycles. The van der Waals surface area contributed by atoms with Gasteiger partial charge in [-0.05, 0) is 0 Å². The van der Waals surface area contributed by atoms with Crippen LogP contribution in [0.2, 0.25) is 0 Å². The van der Waals surface area contributed by atoms with E-state index >= 15 is 0 Å². The second-order valence-electron chi connectivity index (χ2n) is 0.470. The van der Waals surface area contributed by atoms with Gasteiger partial charge in [0.05, 0.1) is 0 Å². The molecule has 0 amide bonds. The summed E-state index contributed by atoms with van der Waals surface area (Å²) in [6, 6.07) is 0. The van der Waals surface area contributed by atoms with Gasteiger partial charge in [0.2, 0.25) is 10.5 Å². The third-order valence-corrected chi connectivity index (χ3v) is 1.07. The first-order valence-electron chi connectivity index (χ1n) is 1.04. The second kappa shape index (κ2) is 2.28. The molecule has 0 aromatic heterocycles. The second-order valence-corrected chi connectivity index (χ2v) is 1.24. The zero-order valence-corrected chi connectivity index (χ0v) is 5.66. The van der Waals surface area contributed by atoms with Gasteiger partial charge in [-0.3, -0.25) is 0 Å². The van der Waals surface area contributed by atoms with Crippen LogP contribution in [-0.2, 0) is 4.43 Å². The standard InChI is InChI=1S/CH4O2SSi/c2-1(4)3-5/h5H3,(H,2,4). The summed E-state index contributed by atoms with van der Waals surface area (Å²) in [6.45, 7) is 0. The molecule has 0 bridgehead atoms. The van der Waals surface area contributed by atoms with Gasteiger partial charge >= 0.3 is 5.30 Å². The van der Waals surface area contributed by atoms with Crippen molar-refractivity contribution in [3.8, 4) is 0 Å². The normalized spacial score (nSPS) is 7.40. The van der Waals surface area contributed by atoms with Crippen molar-refractivity contribution in [2.45, 2.75) is 0 Å². The van der Waals surface area contributed by atoms with E-state index in [9.17, 15) is 4.79 Å². The Bertz CT molecular complexity index is 44.9. The van der Waals surface area contributed by atoms with E-state index in [4.69, 9.17) is 0 Å². The molecule has 30 valence electrons. The summed E-state index contributed by atoms with van der Waals surface area (Å²) in [6.07, 6.45) is 0. The maximum atomic E-state index is 9.49. The van der Waals surface area contributed by atoms with Crippen LogP contribution in [0.1, 0.15) is 0 Å². The number of carbonyl (C=O) groups excluding carboxylic acids is 1. The van der Waals surface area contributed by atoms with Crippen LogP contribution in [0, 0.1) is 0 Å². The topological polar surface area (TPSA) is 26.3 Å². The molecule has 0 atom stereocenters. The number of hydrogen-bond donors (Lipinski definition) is 1. The minimum atomic E-state index is -0.489. The first-order chi connectivity index (χ1) is 2.27. The van der Waals surface area contributed by atoms with Gasteiger partial charge in [0, 0.05) is 0 Å². The average molecular weight is 108 g/mol. The number of carbonyl (C=O) groups is 1. The third-order valence-electron chi connectivity index (χ3n) is 0.175. The SMILES string of the molecule is O=C(S)O[SiH3]. The summed E-state index contributed by atoms with van der Waals surface area (Å²) in [5.74, 6) is 0. The average Bonchev–Trinajstić information content (AvgIpc) is 1.38. The lowest BCUT2D eigenvalue weighted by Gasteiger charge is -1.81. The molecule has 0 aromatic carbocycles. The molecule has 0 rings (SSSR count). The molecule has 0 radical (unpaired) electrons. The number of rotatable bonds is 0. The Morgan fingerprint density at radius 2 is 2.20 bits per heavy atom. The van der Waals surface area contributed by atoms with Crippen LogP contribution < -0.4 is 0 Å². The van der Waals surface area contributed by atoms with Crippen molar-refractivity contribution >= 4 is 28.4 Å². The Hall–Kier alpha value is 0.0369. The maximum Gasteiger partial charge on any atom is 0.350 e. The number of hydrogen-bond acceptors (Lipinski definition) is 2. The summed E-state index contributed by atoms with van der Waals surface area (Å²) in [5, 5.41) is -0.489. The molecule has 0 unspecified atom stereocenters. The van der Waals surface area contributed by atoms with Crippen molar-refractivity contribution in [3.05, 3.63) is 0 Å². The van der Waals surface area contributed by atoms with Gasteiger partial charge in [0.25, 0.3) is 0 Å². The van der Waals surface area contributed by atoms with Crippen molar-refractivity contribution < 1.29 is 9.22 Å². The molecule has 0 spiro atoms. The lowest BCUT2D eigenvalue weighted by molar-refractivity contribution is 0.231. The lowest BCUT2D eigenvalue weighted by Crippen LogP contribution is -1.83. The van der Waals surface area contributed by atoms with E-state index in [0.717, 1.165) is 0 Å². The van der Waals surface area contributed by atoms with E-state index in [1.165, 1.54) is 0 Å². The Kier molecular flexibility index (Phi) is 2.30. The smallest absolute Gasteiger partial charge is 0.350 e. The third kappa shape index (κ3) is 4.04. The van der Waals surface area contributed by atoms with E-state index in [1.54, 1.807) is 0 Å². The van der Waals surface area contributed by atoms with Crippen molar-refractivity contribution in [2.24, 2.45) is 0 Å².